The minimum atomic E-state index is -0.513. The second-order valence-corrected chi connectivity index (χ2v) is 6.87. The minimum Gasteiger partial charge on any atom is -0.350 e. The number of hydrogen-bond donors (Lipinski definition) is 3. The summed E-state index contributed by atoms with van der Waals surface area (Å²) in [6.45, 7) is 3.88. The molecule has 9 heteroatoms. The fourth-order valence-electron chi connectivity index (χ4n) is 2.41. The van der Waals surface area contributed by atoms with E-state index in [9.17, 15) is 19.7 Å². The lowest BCUT2D eigenvalue weighted by atomic mass is 10.1. The maximum absolute atomic E-state index is 12.4. The highest BCUT2D eigenvalue weighted by atomic mass is 32.1. The van der Waals surface area contributed by atoms with Crippen LogP contribution in [0.15, 0.2) is 54.6 Å². The molecule has 1 unspecified atom stereocenters. The van der Waals surface area contributed by atoms with Crippen molar-refractivity contribution in [2.24, 2.45) is 0 Å². The van der Waals surface area contributed by atoms with Gasteiger partial charge in [-0.25, -0.2) is 0 Å². The Balaban J connectivity index is 2.00. The van der Waals surface area contributed by atoms with Crippen LogP contribution in [0.4, 0.5) is 11.4 Å². The minimum absolute atomic E-state index is 0.0208. The quantitative estimate of drug-likeness (QED) is 0.270. The molecule has 0 fully saturated rings. The van der Waals surface area contributed by atoms with Crippen LogP contribution in [0.25, 0.3) is 6.08 Å². The lowest BCUT2D eigenvalue weighted by Crippen LogP contribution is -2.35. The number of rotatable bonds is 7. The number of non-ortho nitro benzene ring substituents is 1. The molecule has 0 aliphatic heterocycles. The summed E-state index contributed by atoms with van der Waals surface area (Å²) < 4.78 is 0. The summed E-state index contributed by atoms with van der Waals surface area (Å²) in [5.41, 5.74) is 1.31. The third-order valence-corrected chi connectivity index (χ3v) is 4.36. The molecule has 8 nitrogen and oxygen atoms in total. The van der Waals surface area contributed by atoms with Gasteiger partial charge >= 0.3 is 0 Å². The van der Waals surface area contributed by atoms with E-state index in [1.807, 2.05) is 13.8 Å². The van der Waals surface area contributed by atoms with Crippen LogP contribution < -0.4 is 16.0 Å². The molecule has 2 amide bonds. The SMILES string of the molecule is CCC(C)NC(=O)c1ccccc1NC(=S)NC(=O)/C=C/c1cccc([N+](=O)[O-])c1. The van der Waals surface area contributed by atoms with Crippen molar-refractivity contribution < 1.29 is 14.5 Å². The number of carbonyl (C=O) groups excluding carboxylic acids is 2. The van der Waals surface area contributed by atoms with Crippen molar-refractivity contribution in [2.75, 3.05) is 5.32 Å². The normalized spacial score (nSPS) is 11.5. The molecule has 0 aromatic heterocycles. The number of benzene rings is 2. The average Bonchev–Trinajstić information content (AvgIpc) is 2.72. The van der Waals surface area contributed by atoms with Gasteiger partial charge < -0.3 is 10.6 Å². The lowest BCUT2D eigenvalue weighted by Gasteiger charge is -2.15. The second kappa shape index (κ2) is 10.8. The Hall–Kier alpha value is -3.59. The van der Waals surface area contributed by atoms with E-state index >= 15 is 0 Å². The van der Waals surface area contributed by atoms with Crippen LogP contribution in [0.1, 0.15) is 36.2 Å². The van der Waals surface area contributed by atoms with Gasteiger partial charge in [0.25, 0.3) is 11.6 Å². The number of anilines is 1. The van der Waals surface area contributed by atoms with E-state index in [0.29, 0.717) is 16.8 Å². The molecule has 0 aliphatic carbocycles. The molecule has 0 bridgehead atoms. The number of nitrogens with zero attached hydrogens (tertiary/aromatic N) is 1. The van der Waals surface area contributed by atoms with Crippen molar-refractivity contribution in [1.82, 2.24) is 10.6 Å². The van der Waals surface area contributed by atoms with Crippen LogP contribution >= 0.6 is 12.2 Å². The van der Waals surface area contributed by atoms with Crippen LogP contribution in [0.5, 0.6) is 0 Å². The topological polar surface area (TPSA) is 113 Å². The van der Waals surface area contributed by atoms with Crippen molar-refractivity contribution >= 4 is 46.6 Å². The molecule has 0 saturated heterocycles. The van der Waals surface area contributed by atoms with Gasteiger partial charge in [-0.05, 0) is 49.3 Å². The predicted molar refractivity (Wildman–Crippen MR) is 120 cm³/mol. The first-order valence-electron chi connectivity index (χ1n) is 9.24. The number of carbonyl (C=O) groups is 2. The Labute approximate surface area is 179 Å². The standard InChI is InChI=1S/C21H22N4O4S/c1-3-14(2)22-20(27)17-9-4-5-10-18(17)23-21(30)24-19(26)12-11-15-7-6-8-16(13-15)25(28)29/h4-14H,3H2,1-2H3,(H,22,27)(H2,23,24,26,30)/b12-11+. The molecule has 30 heavy (non-hydrogen) atoms. The molecule has 0 spiro atoms. The number of hydrogen-bond acceptors (Lipinski definition) is 5. The van der Waals surface area contributed by atoms with Gasteiger partial charge in [-0.3, -0.25) is 25.0 Å². The third-order valence-electron chi connectivity index (χ3n) is 4.15. The Morgan fingerprint density at radius 1 is 1.20 bits per heavy atom. The van der Waals surface area contributed by atoms with Gasteiger partial charge in [-0.1, -0.05) is 31.2 Å². The maximum Gasteiger partial charge on any atom is 0.270 e. The number of nitro benzene ring substituents is 1. The molecule has 2 aromatic carbocycles. The summed E-state index contributed by atoms with van der Waals surface area (Å²) in [5.74, 6) is -0.757. The summed E-state index contributed by atoms with van der Waals surface area (Å²) in [6, 6.07) is 12.7. The van der Waals surface area contributed by atoms with Crippen LogP contribution in [0.2, 0.25) is 0 Å². The third kappa shape index (κ3) is 6.78. The molecule has 0 radical (unpaired) electrons. The molecule has 0 heterocycles. The summed E-state index contributed by atoms with van der Waals surface area (Å²) >= 11 is 5.16. The zero-order valence-corrected chi connectivity index (χ0v) is 17.4. The van der Waals surface area contributed by atoms with E-state index in [2.05, 4.69) is 16.0 Å². The maximum atomic E-state index is 12.4. The number of amides is 2. The monoisotopic (exact) mass is 426 g/mol. The van der Waals surface area contributed by atoms with Gasteiger partial charge in [0, 0.05) is 24.3 Å². The fraction of sp³-hybridized carbons (Fsp3) is 0.190. The Morgan fingerprint density at radius 3 is 2.63 bits per heavy atom. The Morgan fingerprint density at radius 2 is 1.93 bits per heavy atom. The fourth-order valence-corrected chi connectivity index (χ4v) is 2.63. The summed E-state index contributed by atoms with van der Waals surface area (Å²) in [7, 11) is 0. The highest BCUT2D eigenvalue weighted by Gasteiger charge is 2.14. The summed E-state index contributed by atoms with van der Waals surface area (Å²) in [6.07, 6.45) is 3.46. The number of nitro groups is 1. The lowest BCUT2D eigenvalue weighted by molar-refractivity contribution is -0.384. The molecule has 2 rings (SSSR count). The van der Waals surface area contributed by atoms with Crippen molar-refractivity contribution in [3.8, 4) is 0 Å². The highest BCUT2D eigenvalue weighted by molar-refractivity contribution is 7.80. The van der Waals surface area contributed by atoms with Gasteiger partial charge in [-0.15, -0.1) is 0 Å². The Bertz CT molecular complexity index is 990. The molecule has 156 valence electrons. The van der Waals surface area contributed by atoms with Crippen LogP contribution in [-0.2, 0) is 4.79 Å². The average molecular weight is 426 g/mol. The smallest absolute Gasteiger partial charge is 0.270 e. The first-order chi connectivity index (χ1) is 14.3. The molecule has 2 aromatic rings. The van der Waals surface area contributed by atoms with Crippen molar-refractivity contribution in [3.05, 3.63) is 75.8 Å². The first-order valence-corrected chi connectivity index (χ1v) is 9.65. The van der Waals surface area contributed by atoms with Crippen LogP contribution in [0.3, 0.4) is 0 Å². The van der Waals surface area contributed by atoms with Gasteiger partial charge in [0.1, 0.15) is 0 Å². The van der Waals surface area contributed by atoms with Crippen molar-refractivity contribution in [3.63, 3.8) is 0 Å². The zero-order chi connectivity index (χ0) is 22.1. The molecular formula is C21H22N4O4S. The van der Waals surface area contributed by atoms with Crippen LogP contribution in [-0.4, -0.2) is 27.9 Å². The van der Waals surface area contributed by atoms with Crippen molar-refractivity contribution in [1.29, 1.82) is 0 Å². The molecule has 0 saturated carbocycles. The number of para-hydroxylation sites is 1. The molecule has 1 atom stereocenters. The number of nitrogens with one attached hydrogen (secondary N) is 3. The zero-order valence-electron chi connectivity index (χ0n) is 16.5. The first kappa shape index (κ1) is 22.7. The van der Waals surface area contributed by atoms with E-state index in [1.54, 1.807) is 30.3 Å². The van der Waals surface area contributed by atoms with Crippen molar-refractivity contribution in [2.45, 2.75) is 26.3 Å². The highest BCUT2D eigenvalue weighted by Crippen LogP contribution is 2.16. The van der Waals surface area contributed by atoms with E-state index in [0.717, 1.165) is 6.42 Å². The van der Waals surface area contributed by atoms with E-state index in [4.69, 9.17) is 12.2 Å². The summed E-state index contributed by atoms with van der Waals surface area (Å²) in [5, 5.41) is 19.0. The Kier molecular flexibility index (Phi) is 8.18. The largest absolute Gasteiger partial charge is 0.350 e. The van der Waals surface area contributed by atoms with E-state index < -0.39 is 10.8 Å². The van der Waals surface area contributed by atoms with E-state index in [-0.39, 0.29) is 22.7 Å². The van der Waals surface area contributed by atoms with Gasteiger partial charge in [0.15, 0.2) is 5.11 Å². The predicted octanol–water partition coefficient (Wildman–Crippen LogP) is 3.65. The van der Waals surface area contributed by atoms with E-state index in [1.165, 1.54) is 30.4 Å². The molecule has 3 N–H and O–H groups in total. The summed E-state index contributed by atoms with van der Waals surface area (Å²) in [4.78, 5) is 34.8. The number of thiocarbonyl (C=S) groups is 1. The molecule has 0 aliphatic rings. The molecular weight excluding hydrogens is 404 g/mol. The second-order valence-electron chi connectivity index (χ2n) is 6.46. The van der Waals surface area contributed by atoms with Gasteiger partial charge in [0.05, 0.1) is 16.2 Å². The van der Waals surface area contributed by atoms with Crippen LogP contribution in [0, 0.1) is 10.1 Å². The van der Waals surface area contributed by atoms with Gasteiger partial charge in [-0.2, -0.15) is 0 Å². The van der Waals surface area contributed by atoms with Gasteiger partial charge in [0.2, 0.25) is 5.91 Å².